The predicted molar refractivity (Wildman–Crippen MR) is 88.7 cm³/mol. The molecule has 3 fully saturated rings. The number of aliphatic hydroxyl groups is 2. The standard InChI is InChI=1S/C20H30O3/c1-3-20(23)9-7-17-15-11-18(22)16-10-12(21)4-5-13(16)14(15)6-8-19(17,20)2/h10,13-15,17-18,22-23H,3-9,11H2,1-2H3/t13-,14-,15-,17+,18-,19+,20+/m1/s1. The number of aliphatic hydroxyl groups excluding tert-OH is 1. The first-order valence-corrected chi connectivity index (χ1v) is 9.54. The Balaban J connectivity index is 1.67. The largest absolute Gasteiger partial charge is 0.389 e. The average Bonchev–Trinajstić information content (AvgIpc) is 2.80. The maximum absolute atomic E-state index is 11.8. The first-order chi connectivity index (χ1) is 10.9. The Bertz CT molecular complexity index is 553. The van der Waals surface area contributed by atoms with E-state index in [0.29, 0.717) is 30.1 Å². The first-order valence-electron chi connectivity index (χ1n) is 9.54. The molecule has 0 radical (unpaired) electrons. The number of rotatable bonds is 1. The highest BCUT2D eigenvalue weighted by molar-refractivity contribution is 5.91. The summed E-state index contributed by atoms with van der Waals surface area (Å²) in [5.41, 5.74) is 0.510. The minimum Gasteiger partial charge on any atom is -0.389 e. The van der Waals surface area contributed by atoms with Gasteiger partial charge in [0, 0.05) is 6.42 Å². The van der Waals surface area contributed by atoms with Crippen molar-refractivity contribution >= 4 is 5.78 Å². The van der Waals surface area contributed by atoms with Gasteiger partial charge in [0.2, 0.25) is 0 Å². The quantitative estimate of drug-likeness (QED) is 0.780. The predicted octanol–water partition coefficient (Wildman–Crippen LogP) is 3.24. The molecular weight excluding hydrogens is 288 g/mol. The number of ketones is 1. The zero-order valence-corrected chi connectivity index (χ0v) is 14.4. The fourth-order valence-corrected chi connectivity index (χ4v) is 6.87. The maximum atomic E-state index is 11.8. The maximum Gasteiger partial charge on any atom is 0.155 e. The molecule has 2 N–H and O–H groups in total. The Labute approximate surface area is 139 Å². The van der Waals surface area contributed by atoms with Gasteiger partial charge in [0.25, 0.3) is 0 Å². The molecule has 0 heterocycles. The molecule has 4 aliphatic rings. The number of hydrogen-bond acceptors (Lipinski definition) is 3. The Morgan fingerprint density at radius 1 is 1.22 bits per heavy atom. The van der Waals surface area contributed by atoms with E-state index in [2.05, 4.69) is 13.8 Å². The lowest BCUT2D eigenvalue weighted by Gasteiger charge is -2.56. The molecule has 0 spiro atoms. The second-order valence-corrected chi connectivity index (χ2v) is 8.82. The highest BCUT2D eigenvalue weighted by Gasteiger charge is 2.62. The summed E-state index contributed by atoms with van der Waals surface area (Å²) in [4.78, 5) is 11.8. The normalized spacial score (nSPS) is 52.4. The number of fused-ring (bicyclic) bond motifs is 5. The van der Waals surface area contributed by atoms with Gasteiger partial charge in [-0.1, -0.05) is 13.8 Å². The van der Waals surface area contributed by atoms with E-state index in [0.717, 1.165) is 50.5 Å². The Hall–Kier alpha value is -0.670. The van der Waals surface area contributed by atoms with Crippen LogP contribution in [0.1, 0.15) is 65.2 Å². The summed E-state index contributed by atoms with van der Waals surface area (Å²) in [5, 5.41) is 21.8. The molecule has 3 heteroatoms. The van der Waals surface area contributed by atoms with Crippen molar-refractivity contribution in [2.45, 2.75) is 76.9 Å². The number of carbonyl (C=O) groups excluding carboxylic acids is 1. The lowest BCUT2D eigenvalue weighted by Crippen LogP contribution is -2.54. The molecule has 128 valence electrons. The Morgan fingerprint density at radius 3 is 2.74 bits per heavy atom. The monoisotopic (exact) mass is 318 g/mol. The van der Waals surface area contributed by atoms with Gasteiger partial charge in [-0.05, 0) is 85.7 Å². The minimum absolute atomic E-state index is 0.00827. The summed E-state index contributed by atoms with van der Waals surface area (Å²) in [5.74, 6) is 2.24. The third-order valence-electron chi connectivity index (χ3n) is 8.25. The van der Waals surface area contributed by atoms with E-state index in [9.17, 15) is 15.0 Å². The van der Waals surface area contributed by atoms with Crippen LogP contribution in [-0.2, 0) is 4.79 Å². The Kier molecular flexibility index (Phi) is 3.55. The molecule has 0 aromatic rings. The third-order valence-corrected chi connectivity index (χ3v) is 8.25. The molecule has 4 rings (SSSR count). The molecule has 23 heavy (non-hydrogen) atoms. The van der Waals surface area contributed by atoms with Gasteiger partial charge in [-0.25, -0.2) is 0 Å². The van der Waals surface area contributed by atoms with Gasteiger partial charge in [-0.3, -0.25) is 4.79 Å². The van der Waals surface area contributed by atoms with Gasteiger partial charge in [-0.15, -0.1) is 0 Å². The van der Waals surface area contributed by atoms with Crippen LogP contribution >= 0.6 is 0 Å². The van der Waals surface area contributed by atoms with Crippen molar-refractivity contribution < 1.29 is 15.0 Å². The van der Waals surface area contributed by atoms with E-state index in [4.69, 9.17) is 0 Å². The van der Waals surface area contributed by atoms with E-state index < -0.39 is 11.7 Å². The van der Waals surface area contributed by atoms with Crippen molar-refractivity contribution in [3.8, 4) is 0 Å². The molecule has 3 saturated carbocycles. The topological polar surface area (TPSA) is 57.5 Å². The van der Waals surface area contributed by atoms with Crippen LogP contribution in [0.25, 0.3) is 0 Å². The van der Waals surface area contributed by atoms with Crippen molar-refractivity contribution in [3.63, 3.8) is 0 Å². The minimum atomic E-state index is -0.522. The molecule has 0 unspecified atom stereocenters. The van der Waals surface area contributed by atoms with Gasteiger partial charge in [0.05, 0.1) is 11.7 Å². The summed E-state index contributed by atoms with van der Waals surface area (Å²) in [7, 11) is 0. The van der Waals surface area contributed by atoms with E-state index in [1.165, 1.54) is 0 Å². The smallest absolute Gasteiger partial charge is 0.155 e. The van der Waals surface area contributed by atoms with Crippen molar-refractivity contribution in [2.75, 3.05) is 0 Å². The van der Waals surface area contributed by atoms with E-state index in [1.54, 1.807) is 6.08 Å². The first kappa shape index (κ1) is 15.8. The molecule has 0 amide bonds. The van der Waals surface area contributed by atoms with Crippen molar-refractivity contribution in [1.82, 2.24) is 0 Å². The molecular formula is C20H30O3. The van der Waals surface area contributed by atoms with Crippen LogP contribution in [0.3, 0.4) is 0 Å². The second-order valence-electron chi connectivity index (χ2n) is 8.82. The summed E-state index contributed by atoms with van der Waals surface area (Å²) in [6, 6.07) is 0. The van der Waals surface area contributed by atoms with E-state index in [-0.39, 0.29) is 11.2 Å². The van der Waals surface area contributed by atoms with Crippen LogP contribution in [0, 0.1) is 29.1 Å². The van der Waals surface area contributed by atoms with Crippen molar-refractivity contribution in [3.05, 3.63) is 11.6 Å². The lowest BCUT2D eigenvalue weighted by atomic mass is 9.50. The SMILES string of the molecule is CC[C@]1(O)CC[C@H]2[C@@H]3C[C@@H](O)C4=CC(=O)CC[C@@H]4[C@H]3CC[C@@]21C. The molecule has 4 aliphatic carbocycles. The molecule has 0 aliphatic heterocycles. The van der Waals surface area contributed by atoms with Crippen LogP contribution in [0.2, 0.25) is 0 Å². The molecule has 0 aromatic carbocycles. The van der Waals surface area contributed by atoms with Crippen LogP contribution in [0.15, 0.2) is 11.6 Å². The van der Waals surface area contributed by atoms with Gasteiger partial charge in [0.15, 0.2) is 5.78 Å². The molecule has 0 saturated heterocycles. The Morgan fingerprint density at radius 2 is 2.00 bits per heavy atom. The number of carbonyl (C=O) groups is 1. The molecule has 7 atom stereocenters. The van der Waals surface area contributed by atoms with Gasteiger partial charge < -0.3 is 10.2 Å². The number of hydrogen-bond donors (Lipinski definition) is 2. The third kappa shape index (κ3) is 2.05. The van der Waals surface area contributed by atoms with Gasteiger partial charge >= 0.3 is 0 Å². The summed E-state index contributed by atoms with van der Waals surface area (Å²) in [6.45, 7) is 4.41. The summed E-state index contributed by atoms with van der Waals surface area (Å²) < 4.78 is 0. The van der Waals surface area contributed by atoms with Crippen LogP contribution < -0.4 is 0 Å². The van der Waals surface area contributed by atoms with E-state index >= 15 is 0 Å². The summed E-state index contributed by atoms with van der Waals surface area (Å²) in [6.07, 6.45) is 8.75. The van der Waals surface area contributed by atoms with Crippen molar-refractivity contribution in [1.29, 1.82) is 0 Å². The molecule has 0 bridgehead atoms. The molecule has 3 nitrogen and oxygen atoms in total. The average molecular weight is 318 g/mol. The van der Waals surface area contributed by atoms with Crippen LogP contribution in [0.4, 0.5) is 0 Å². The van der Waals surface area contributed by atoms with Gasteiger partial charge in [-0.2, -0.15) is 0 Å². The van der Waals surface area contributed by atoms with Crippen molar-refractivity contribution in [2.24, 2.45) is 29.1 Å². The highest BCUT2D eigenvalue weighted by atomic mass is 16.3. The zero-order valence-electron chi connectivity index (χ0n) is 14.4. The fourth-order valence-electron chi connectivity index (χ4n) is 6.87. The van der Waals surface area contributed by atoms with Crippen LogP contribution in [-0.4, -0.2) is 27.7 Å². The highest BCUT2D eigenvalue weighted by Crippen LogP contribution is 2.65. The lowest BCUT2D eigenvalue weighted by molar-refractivity contribution is -0.128. The van der Waals surface area contributed by atoms with Crippen LogP contribution in [0.5, 0.6) is 0 Å². The van der Waals surface area contributed by atoms with Gasteiger partial charge in [0.1, 0.15) is 0 Å². The van der Waals surface area contributed by atoms with E-state index in [1.807, 2.05) is 0 Å². The molecule has 0 aromatic heterocycles. The zero-order chi connectivity index (χ0) is 16.4. The second kappa shape index (κ2) is 5.16. The fraction of sp³-hybridized carbons (Fsp3) is 0.850. The summed E-state index contributed by atoms with van der Waals surface area (Å²) >= 11 is 0.